The number of aromatic nitrogens is 1. The van der Waals surface area contributed by atoms with Crippen LogP contribution in [-0.4, -0.2) is 57.3 Å². The van der Waals surface area contributed by atoms with Crippen LogP contribution in [0.5, 0.6) is 0 Å². The van der Waals surface area contributed by atoms with Gasteiger partial charge in [0.15, 0.2) is 5.13 Å². The molecule has 134 valence electrons. The number of methoxy groups -OCH3 is 1. The number of carbonyl (C=O) groups excluding carboxylic acids is 1. The Hall–Kier alpha value is -1.83. The fraction of sp³-hybridized carbons (Fsp3) is 0.412. The molecule has 1 saturated heterocycles. The zero-order valence-electron chi connectivity index (χ0n) is 14.1. The van der Waals surface area contributed by atoms with Crippen LogP contribution < -0.4 is 15.1 Å². The third-order valence-electron chi connectivity index (χ3n) is 4.04. The van der Waals surface area contributed by atoms with Crippen molar-refractivity contribution in [3.05, 3.63) is 40.4 Å². The number of anilines is 2. The second-order valence-corrected chi connectivity index (χ2v) is 6.99. The molecule has 0 saturated carbocycles. The molecule has 0 radical (unpaired) electrons. The van der Waals surface area contributed by atoms with E-state index in [0.29, 0.717) is 18.8 Å². The third kappa shape index (κ3) is 4.62. The summed E-state index contributed by atoms with van der Waals surface area (Å²) >= 11 is 7.58. The summed E-state index contributed by atoms with van der Waals surface area (Å²) in [6, 6.07) is 7.92. The summed E-state index contributed by atoms with van der Waals surface area (Å²) in [5.41, 5.74) is 1.61. The molecular weight excluding hydrogens is 360 g/mol. The number of carbonyl (C=O) groups is 1. The minimum absolute atomic E-state index is 0.155. The minimum atomic E-state index is -0.155. The molecule has 3 rings (SSSR count). The van der Waals surface area contributed by atoms with E-state index in [1.165, 1.54) is 11.3 Å². The van der Waals surface area contributed by atoms with Crippen molar-refractivity contribution in [2.24, 2.45) is 0 Å². The first-order valence-corrected chi connectivity index (χ1v) is 9.41. The highest BCUT2D eigenvalue weighted by atomic mass is 35.5. The van der Waals surface area contributed by atoms with Gasteiger partial charge < -0.3 is 19.9 Å². The molecule has 1 amide bonds. The number of nitrogens with one attached hydrogen (secondary N) is 1. The SMILES string of the molecule is COCCNC(=O)c1csc(N2CCN(c3cccc(Cl)c3)CC2)n1. The predicted octanol–water partition coefficient (Wildman–Crippen LogP) is 2.50. The largest absolute Gasteiger partial charge is 0.383 e. The van der Waals surface area contributed by atoms with Crippen LogP contribution in [0.15, 0.2) is 29.6 Å². The maximum Gasteiger partial charge on any atom is 0.270 e. The van der Waals surface area contributed by atoms with Crippen LogP contribution in [0.25, 0.3) is 0 Å². The van der Waals surface area contributed by atoms with E-state index in [1.807, 2.05) is 18.2 Å². The van der Waals surface area contributed by atoms with Crippen LogP contribution >= 0.6 is 22.9 Å². The molecule has 1 aliphatic heterocycles. The summed E-state index contributed by atoms with van der Waals surface area (Å²) in [5.74, 6) is -0.155. The molecule has 0 unspecified atom stereocenters. The van der Waals surface area contributed by atoms with Gasteiger partial charge in [-0.2, -0.15) is 0 Å². The van der Waals surface area contributed by atoms with E-state index in [0.717, 1.165) is 42.0 Å². The van der Waals surface area contributed by atoms with Gasteiger partial charge in [0.25, 0.3) is 5.91 Å². The lowest BCUT2D eigenvalue weighted by Crippen LogP contribution is -2.46. The number of nitrogens with zero attached hydrogens (tertiary/aromatic N) is 3. The molecule has 0 spiro atoms. The van der Waals surface area contributed by atoms with E-state index in [2.05, 4.69) is 26.2 Å². The van der Waals surface area contributed by atoms with Crippen LogP contribution in [0.3, 0.4) is 0 Å². The van der Waals surface area contributed by atoms with Crippen LogP contribution in [0.2, 0.25) is 5.02 Å². The van der Waals surface area contributed by atoms with E-state index in [1.54, 1.807) is 12.5 Å². The van der Waals surface area contributed by atoms with Gasteiger partial charge in [-0.25, -0.2) is 4.98 Å². The number of rotatable bonds is 6. The first-order valence-electron chi connectivity index (χ1n) is 8.15. The Morgan fingerprint density at radius 2 is 2.08 bits per heavy atom. The molecule has 0 bridgehead atoms. The molecule has 2 aromatic rings. The normalized spacial score (nSPS) is 14.6. The van der Waals surface area contributed by atoms with Gasteiger partial charge in [-0.05, 0) is 18.2 Å². The Labute approximate surface area is 156 Å². The summed E-state index contributed by atoms with van der Waals surface area (Å²) in [7, 11) is 1.61. The molecule has 0 atom stereocenters. The summed E-state index contributed by atoms with van der Waals surface area (Å²) < 4.78 is 4.93. The topological polar surface area (TPSA) is 57.7 Å². The minimum Gasteiger partial charge on any atom is -0.383 e. The molecular formula is C17H21ClN4O2S. The number of benzene rings is 1. The van der Waals surface area contributed by atoms with Crippen molar-refractivity contribution in [1.29, 1.82) is 0 Å². The lowest BCUT2D eigenvalue weighted by atomic mass is 10.2. The fourth-order valence-electron chi connectivity index (χ4n) is 2.70. The van der Waals surface area contributed by atoms with Crippen molar-refractivity contribution in [2.75, 3.05) is 56.2 Å². The number of hydrogen-bond donors (Lipinski definition) is 1. The van der Waals surface area contributed by atoms with E-state index < -0.39 is 0 Å². The Balaban J connectivity index is 1.55. The van der Waals surface area contributed by atoms with Gasteiger partial charge in [0.2, 0.25) is 0 Å². The number of piperazine rings is 1. The van der Waals surface area contributed by atoms with Crippen molar-refractivity contribution in [3.63, 3.8) is 0 Å². The Bertz CT molecular complexity index is 716. The van der Waals surface area contributed by atoms with Gasteiger partial charge >= 0.3 is 0 Å². The van der Waals surface area contributed by atoms with Crippen molar-refractivity contribution in [3.8, 4) is 0 Å². The van der Waals surface area contributed by atoms with Gasteiger partial charge in [-0.15, -0.1) is 11.3 Å². The fourth-order valence-corrected chi connectivity index (χ4v) is 3.74. The second-order valence-electron chi connectivity index (χ2n) is 5.72. The number of halogens is 1. The van der Waals surface area contributed by atoms with Crippen LogP contribution in [0.4, 0.5) is 10.8 Å². The quantitative estimate of drug-likeness (QED) is 0.780. The Kier molecular flexibility index (Phi) is 6.12. The maximum absolute atomic E-state index is 12.0. The van der Waals surface area contributed by atoms with Gasteiger partial charge in [0.05, 0.1) is 6.61 Å². The van der Waals surface area contributed by atoms with Crippen molar-refractivity contribution in [1.82, 2.24) is 10.3 Å². The first-order chi connectivity index (χ1) is 12.2. The van der Waals surface area contributed by atoms with E-state index in [9.17, 15) is 4.79 Å². The second kappa shape index (κ2) is 8.51. The molecule has 1 aromatic heterocycles. The first kappa shape index (κ1) is 18.0. The molecule has 8 heteroatoms. The van der Waals surface area contributed by atoms with Gasteiger partial charge in [0, 0.05) is 55.9 Å². The molecule has 0 aliphatic carbocycles. The molecule has 1 N–H and O–H groups in total. The average Bonchev–Trinajstić information content (AvgIpc) is 3.12. The third-order valence-corrected chi connectivity index (χ3v) is 5.18. The van der Waals surface area contributed by atoms with Crippen LogP contribution in [0.1, 0.15) is 10.5 Å². The molecule has 1 fully saturated rings. The zero-order chi connectivity index (χ0) is 17.6. The number of hydrogen-bond acceptors (Lipinski definition) is 6. The van der Waals surface area contributed by atoms with E-state index >= 15 is 0 Å². The van der Waals surface area contributed by atoms with E-state index in [-0.39, 0.29) is 5.91 Å². The summed E-state index contributed by atoms with van der Waals surface area (Å²) in [6.07, 6.45) is 0. The lowest BCUT2D eigenvalue weighted by molar-refractivity contribution is 0.0933. The van der Waals surface area contributed by atoms with Gasteiger partial charge in [0.1, 0.15) is 5.69 Å². The zero-order valence-corrected chi connectivity index (χ0v) is 15.6. The standard InChI is InChI=1S/C17H21ClN4O2S/c1-24-10-5-19-16(23)15-12-25-17(20-15)22-8-6-21(7-9-22)14-4-2-3-13(18)11-14/h2-4,11-12H,5-10H2,1H3,(H,19,23). The number of ether oxygens (including phenoxy) is 1. The predicted molar refractivity (Wildman–Crippen MR) is 102 cm³/mol. The van der Waals surface area contributed by atoms with Crippen LogP contribution in [0, 0.1) is 0 Å². The number of thiazole rings is 1. The smallest absolute Gasteiger partial charge is 0.270 e. The monoisotopic (exact) mass is 380 g/mol. The van der Waals surface area contributed by atoms with Crippen molar-refractivity contribution in [2.45, 2.75) is 0 Å². The summed E-state index contributed by atoms with van der Waals surface area (Å²) in [5, 5.41) is 6.24. The Morgan fingerprint density at radius 3 is 2.80 bits per heavy atom. The average molecular weight is 381 g/mol. The molecule has 25 heavy (non-hydrogen) atoms. The molecule has 2 heterocycles. The van der Waals surface area contributed by atoms with Crippen molar-refractivity contribution < 1.29 is 9.53 Å². The highest BCUT2D eigenvalue weighted by Gasteiger charge is 2.21. The highest BCUT2D eigenvalue weighted by Crippen LogP contribution is 2.25. The van der Waals surface area contributed by atoms with Gasteiger partial charge in [-0.1, -0.05) is 17.7 Å². The summed E-state index contributed by atoms with van der Waals surface area (Å²) in [4.78, 5) is 21.0. The molecule has 6 nitrogen and oxygen atoms in total. The Morgan fingerprint density at radius 1 is 1.32 bits per heavy atom. The summed E-state index contributed by atoms with van der Waals surface area (Å²) in [6.45, 7) is 4.51. The maximum atomic E-state index is 12.0. The highest BCUT2D eigenvalue weighted by molar-refractivity contribution is 7.13. The van der Waals surface area contributed by atoms with Gasteiger partial charge in [-0.3, -0.25) is 4.79 Å². The van der Waals surface area contributed by atoms with E-state index in [4.69, 9.17) is 16.3 Å². The lowest BCUT2D eigenvalue weighted by Gasteiger charge is -2.36. The molecule has 1 aromatic carbocycles. The molecule has 1 aliphatic rings. The van der Waals surface area contributed by atoms with Crippen molar-refractivity contribution >= 4 is 39.7 Å². The van der Waals surface area contributed by atoms with Crippen LogP contribution in [-0.2, 0) is 4.74 Å². The number of amides is 1.